The number of aliphatic hydroxyl groups excluding tert-OH is 1. The number of carboxylic acids is 1. The average molecular weight is 487 g/mol. The molecule has 186 valence electrons. The molecule has 2 N–H and O–H groups in total. The lowest BCUT2D eigenvalue weighted by Crippen LogP contribution is -2.42. The van der Waals surface area contributed by atoms with Crippen LogP contribution in [-0.2, 0) is 4.79 Å². The normalized spacial score (nSPS) is 22.4. The Morgan fingerprint density at radius 3 is 2.85 bits per heavy atom. The first-order chi connectivity index (χ1) is 16.5. The number of piperidine rings is 1. The van der Waals surface area contributed by atoms with Crippen LogP contribution in [0, 0.1) is 11.8 Å². The van der Waals surface area contributed by atoms with E-state index in [0.29, 0.717) is 12.3 Å². The van der Waals surface area contributed by atoms with Gasteiger partial charge in [0.1, 0.15) is 5.75 Å². The van der Waals surface area contributed by atoms with E-state index >= 15 is 0 Å². The number of likely N-dealkylation sites (tertiary alicyclic amines) is 1. The molecule has 1 saturated heterocycles. The van der Waals surface area contributed by atoms with Crippen molar-refractivity contribution in [2.45, 2.75) is 62.7 Å². The Bertz CT molecular complexity index is 951. The molecule has 6 nitrogen and oxygen atoms in total. The number of aliphatic hydroxyl groups is 1. The van der Waals surface area contributed by atoms with Crippen LogP contribution in [0.5, 0.6) is 5.75 Å². The second kappa shape index (κ2) is 12.2. The molecule has 1 saturated carbocycles. The number of aromatic nitrogens is 1. The summed E-state index contributed by atoms with van der Waals surface area (Å²) in [5.74, 6) is 1.71. The maximum atomic E-state index is 11.6. The Hall–Kier alpha value is -1.83. The zero-order chi connectivity index (χ0) is 23.9. The fraction of sp³-hybridized carbons (Fsp3) is 0.630. The van der Waals surface area contributed by atoms with Crippen LogP contribution in [-0.4, -0.2) is 63.8 Å². The molecule has 1 aromatic carbocycles. The Morgan fingerprint density at radius 1 is 1.26 bits per heavy atom. The highest BCUT2D eigenvalue weighted by atomic mass is 32.2. The number of ether oxygens (including phenoxy) is 1. The number of benzene rings is 1. The molecule has 34 heavy (non-hydrogen) atoms. The van der Waals surface area contributed by atoms with E-state index in [9.17, 15) is 15.0 Å². The van der Waals surface area contributed by atoms with Gasteiger partial charge in [-0.05, 0) is 99.0 Å². The molecule has 1 aromatic heterocycles. The number of carbonyl (C=O) groups is 1. The maximum absolute atomic E-state index is 11.6. The first-order valence-corrected chi connectivity index (χ1v) is 13.7. The molecule has 2 aliphatic rings. The van der Waals surface area contributed by atoms with E-state index in [1.54, 1.807) is 13.3 Å². The van der Waals surface area contributed by atoms with Crippen LogP contribution in [0.25, 0.3) is 10.9 Å². The van der Waals surface area contributed by atoms with Gasteiger partial charge in [-0.1, -0.05) is 6.42 Å². The predicted octanol–water partition coefficient (Wildman–Crippen LogP) is 5.15. The molecule has 2 heterocycles. The minimum atomic E-state index is -0.717. The average Bonchev–Trinajstić information content (AvgIpc) is 2.81. The summed E-state index contributed by atoms with van der Waals surface area (Å²) in [6, 6.07) is 7.59. The lowest BCUT2D eigenvalue weighted by atomic mass is 9.79. The van der Waals surface area contributed by atoms with Crippen molar-refractivity contribution in [2.75, 3.05) is 32.5 Å². The summed E-state index contributed by atoms with van der Waals surface area (Å²) in [4.78, 5) is 18.4. The molecule has 1 aliphatic carbocycles. The quantitative estimate of drug-likeness (QED) is 0.402. The number of fused-ring (bicyclic) bond motifs is 1. The van der Waals surface area contributed by atoms with Crippen LogP contribution < -0.4 is 4.74 Å². The minimum Gasteiger partial charge on any atom is -0.497 e. The summed E-state index contributed by atoms with van der Waals surface area (Å²) in [5.41, 5.74) is 1.70. The lowest BCUT2D eigenvalue weighted by molar-refractivity contribution is -0.139. The Kier molecular flexibility index (Phi) is 9.09. The van der Waals surface area contributed by atoms with Crippen LogP contribution in [0.1, 0.15) is 63.0 Å². The molecule has 4 rings (SSSR count). The van der Waals surface area contributed by atoms with Gasteiger partial charge in [0.05, 0.1) is 18.7 Å². The number of aliphatic carboxylic acids is 1. The third-order valence-electron chi connectivity index (χ3n) is 7.59. The number of thioether (sulfide) groups is 1. The van der Waals surface area contributed by atoms with Crippen molar-refractivity contribution in [1.29, 1.82) is 0 Å². The number of nitrogens with zero attached hydrogens (tertiary/aromatic N) is 2. The molecular weight excluding hydrogens is 448 g/mol. The molecular formula is C27H38N2O4S. The zero-order valence-electron chi connectivity index (χ0n) is 20.2. The van der Waals surface area contributed by atoms with E-state index in [1.807, 2.05) is 24.3 Å². The molecule has 2 aromatic rings. The second-order valence-corrected chi connectivity index (χ2v) is 11.3. The van der Waals surface area contributed by atoms with Crippen molar-refractivity contribution in [3.8, 4) is 5.75 Å². The predicted molar refractivity (Wildman–Crippen MR) is 137 cm³/mol. The highest BCUT2D eigenvalue weighted by molar-refractivity contribution is 7.99. The monoisotopic (exact) mass is 486 g/mol. The Labute approximate surface area is 207 Å². The van der Waals surface area contributed by atoms with E-state index in [-0.39, 0.29) is 12.3 Å². The summed E-state index contributed by atoms with van der Waals surface area (Å²) < 4.78 is 5.36. The van der Waals surface area contributed by atoms with E-state index in [2.05, 4.69) is 21.6 Å². The van der Waals surface area contributed by atoms with Crippen LogP contribution in [0.15, 0.2) is 30.5 Å². The van der Waals surface area contributed by atoms with Crippen molar-refractivity contribution in [1.82, 2.24) is 9.88 Å². The molecule has 0 spiro atoms. The Balaban J connectivity index is 1.32. The molecule has 7 heteroatoms. The van der Waals surface area contributed by atoms with Crippen molar-refractivity contribution in [3.63, 3.8) is 0 Å². The van der Waals surface area contributed by atoms with E-state index in [1.165, 1.54) is 31.4 Å². The highest BCUT2D eigenvalue weighted by Gasteiger charge is 2.31. The van der Waals surface area contributed by atoms with Gasteiger partial charge < -0.3 is 19.8 Å². The fourth-order valence-corrected chi connectivity index (χ4v) is 6.66. The zero-order valence-corrected chi connectivity index (χ0v) is 21.0. The number of methoxy groups -OCH3 is 1. The first-order valence-electron chi connectivity index (χ1n) is 12.7. The SMILES string of the molecule is COc1ccc2nccc(C(O)CC[C@@H]3CCN(CCCSC4CCC4)C[C@@H]3CC(=O)O)c2c1. The fourth-order valence-electron chi connectivity index (χ4n) is 5.36. The molecule has 1 aliphatic heterocycles. The summed E-state index contributed by atoms with van der Waals surface area (Å²) in [6.07, 6.45) is 9.14. The van der Waals surface area contributed by atoms with Crippen LogP contribution in [0.2, 0.25) is 0 Å². The lowest BCUT2D eigenvalue weighted by Gasteiger charge is -2.38. The number of hydrogen-bond donors (Lipinski definition) is 2. The number of hydrogen-bond acceptors (Lipinski definition) is 6. The third kappa shape index (κ3) is 6.64. The van der Waals surface area contributed by atoms with Gasteiger partial charge in [0.2, 0.25) is 0 Å². The molecule has 0 amide bonds. The summed E-state index contributed by atoms with van der Waals surface area (Å²) in [5, 5.41) is 22.4. The minimum absolute atomic E-state index is 0.145. The molecule has 2 fully saturated rings. The molecule has 3 atom stereocenters. The third-order valence-corrected chi connectivity index (χ3v) is 9.06. The van der Waals surface area contributed by atoms with Gasteiger partial charge in [-0.2, -0.15) is 11.8 Å². The van der Waals surface area contributed by atoms with E-state index in [0.717, 1.165) is 59.9 Å². The van der Waals surface area contributed by atoms with Gasteiger partial charge in [-0.3, -0.25) is 9.78 Å². The van der Waals surface area contributed by atoms with Gasteiger partial charge in [-0.15, -0.1) is 0 Å². The maximum Gasteiger partial charge on any atom is 0.303 e. The first kappa shape index (κ1) is 25.3. The van der Waals surface area contributed by atoms with E-state index in [4.69, 9.17) is 4.74 Å². The smallest absolute Gasteiger partial charge is 0.303 e. The van der Waals surface area contributed by atoms with Gasteiger partial charge in [0.25, 0.3) is 0 Å². The molecule has 1 unspecified atom stereocenters. The number of pyridine rings is 1. The van der Waals surface area contributed by atoms with E-state index < -0.39 is 12.1 Å². The number of rotatable bonds is 12. The van der Waals surface area contributed by atoms with Crippen LogP contribution in [0.4, 0.5) is 0 Å². The Morgan fingerprint density at radius 2 is 2.12 bits per heavy atom. The topological polar surface area (TPSA) is 82.9 Å². The molecule has 0 radical (unpaired) electrons. The van der Waals surface area contributed by atoms with Crippen molar-refractivity contribution >= 4 is 28.6 Å². The van der Waals surface area contributed by atoms with Gasteiger partial charge in [0, 0.05) is 29.8 Å². The van der Waals surface area contributed by atoms with Crippen LogP contribution in [0.3, 0.4) is 0 Å². The van der Waals surface area contributed by atoms with Crippen LogP contribution >= 0.6 is 11.8 Å². The van der Waals surface area contributed by atoms with Gasteiger partial charge in [-0.25, -0.2) is 0 Å². The van der Waals surface area contributed by atoms with Crippen molar-refractivity contribution in [3.05, 3.63) is 36.0 Å². The summed E-state index contributed by atoms with van der Waals surface area (Å²) in [6.45, 7) is 2.95. The number of carboxylic acid groups (broad SMARTS) is 1. The summed E-state index contributed by atoms with van der Waals surface area (Å²) >= 11 is 2.12. The summed E-state index contributed by atoms with van der Waals surface area (Å²) in [7, 11) is 1.63. The van der Waals surface area contributed by atoms with Crippen molar-refractivity contribution in [2.24, 2.45) is 11.8 Å². The van der Waals surface area contributed by atoms with Crippen molar-refractivity contribution < 1.29 is 19.7 Å². The second-order valence-electron chi connectivity index (χ2n) is 9.86. The standard InChI is InChI=1S/C27H38N2O4S/c1-33-21-7-8-25-24(17-21)23(10-12-28-25)26(30)9-6-19-11-14-29(18-20(19)16-27(31)32)13-3-15-34-22-4-2-5-22/h7-8,10,12,17,19-20,22,26,30H,2-6,9,11,13-16,18H2,1H3,(H,31,32)/t19-,20+,26?/m1/s1. The van der Waals surface area contributed by atoms with Gasteiger partial charge >= 0.3 is 5.97 Å². The largest absolute Gasteiger partial charge is 0.497 e. The van der Waals surface area contributed by atoms with Gasteiger partial charge in [0.15, 0.2) is 0 Å². The highest BCUT2D eigenvalue weighted by Crippen LogP contribution is 2.35. The molecule has 0 bridgehead atoms.